The molecule has 1 saturated heterocycles. The molecule has 0 atom stereocenters. The number of thiocarbonyl (C=S) groups is 1. The number of nitrogens with one attached hydrogen (secondary N) is 1. The Morgan fingerprint density at radius 1 is 1.06 bits per heavy atom. The van der Waals surface area contributed by atoms with Crippen LogP contribution < -0.4 is 24.3 Å². The molecule has 1 N–H and O–H groups in total. The van der Waals surface area contributed by atoms with E-state index in [1.807, 2.05) is 12.1 Å². The fraction of sp³-hybridized carbons (Fsp3) is 0.227. The third kappa shape index (κ3) is 4.17. The van der Waals surface area contributed by atoms with Crippen molar-refractivity contribution in [2.45, 2.75) is 6.42 Å². The van der Waals surface area contributed by atoms with Gasteiger partial charge in [-0.3, -0.25) is 19.8 Å². The van der Waals surface area contributed by atoms with Gasteiger partial charge >= 0.3 is 0 Å². The zero-order valence-electron chi connectivity index (χ0n) is 17.0. The Morgan fingerprint density at radius 2 is 1.84 bits per heavy atom. The van der Waals surface area contributed by atoms with Crippen LogP contribution in [-0.4, -0.2) is 49.4 Å². The molecule has 0 aliphatic carbocycles. The smallest absolute Gasteiger partial charge is 0.265 e. The summed E-state index contributed by atoms with van der Waals surface area (Å²) in [5.41, 5.74) is 1.58. The molecule has 31 heavy (non-hydrogen) atoms. The maximum absolute atomic E-state index is 13.0. The van der Waals surface area contributed by atoms with E-state index in [0.29, 0.717) is 41.5 Å². The maximum atomic E-state index is 13.0. The lowest BCUT2D eigenvalue weighted by molar-refractivity contribution is -0.128. The summed E-state index contributed by atoms with van der Waals surface area (Å²) in [6.45, 7) is 0.443. The van der Waals surface area contributed by atoms with Crippen LogP contribution in [0.15, 0.2) is 42.0 Å². The van der Waals surface area contributed by atoms with E-state index < -0.39 is 11.8 Å². The first kappa shape index (κ1) is 20.7. The molecule has 0 radical (unpaired) electrons. The molecule has 2 aromatic carbocycles. The largest absolute Gasteiger partial charge is 0.493 e. The molecule has 2 amide bonds. The van der Waals surface area contributed by atoms with Gasteiger partial charge in [0.05, 0.1) is 14.2 Å². The molecule has 2 aliphatic heterocycles. The molecule has 9 heteroatoms. The number of methoxy groups -OCH3 is 2. The average molecular weight is 440 g/mol. The molecular weight excluding hydrogens is 420 g/mol. The van der Waals surface area contributed by atoms with Crippen LogP contribution in [0.1, 0.15) is 11.1 Å². The Labute approximate surface area is 184 Å². The van der Waals surface area contributed by atoms with Gasteiger partial charge in [0.25, 0.3) is 11.8 Å². The summed E-state index contributed by atoms with van der Waals surface area (Å²) < 4.78 is 21.2. The van der Waals surface area contributed by atoms with Crippen molar-refractivity contribution in [2.24, 2.45) is 0 Å². The topological polar surface area (TPSA) is 86.3 Å². The maximum Gasteiger partial charge on any atom is 0.265 e. The molecule has 0 aromatic heterocycles. The number of nitrogens with zero attached hydrogens (tertiary/aromatic N) is 1. The average Bonchev–Trinajstić information content (AvgIpc) is 3.24. The predicted octanol–water partition coefficient (Wildman–Crippen LogP) is 2.30. The minimum absolute atomic E-state index is 0.000207. The predicted molar refractivity (Wildman–Crippen MR) is 116 cm³/mol. The molecule has 8 nitrogen and oxygen atoms in total. The Bertz CT molecular complexity index is 1100. The standard InChI is InChI=1S/C22H20N2O6S/c1-27-16-5-3-13(10-18(16)28-2)7-8-24-21(26)15(20(25)23-22(24)31)9-14-4-6-17-19(11-14)30-12-29-17/h3-6,9-11H,7-8,12H2,1-2H3,(H,23,25,31)/b15-9+. The molecule has 1 fully saturated rings. The summed E-state index contributed by atoms with van der Waals surface area (Å²) in [6.07, 6.45) is 2.03. The van der Waals surface area contributed by atoms with E-state index in [0.717, 1.165) is 5.56 Å². The number of hydrogen-bond acceptors (Lipinski definition) is 7. The second-order valence-electron chi connectivity index (χ2n) is 6.83. The van der Waals surface area contributed by atoms with Gasteiger partial charge in [-0.25, -0.2) is 0 Å². The van der Waals surface area contributed by atoms with Crippen LogP contribution in [0.3, 0.4) is 0 Å². The summed E-state index contributed by atoms with van der Waals surface area (Å²) in [4.78, 5) is 26.8. The third-order valence-corrected chi connectivity index (χ3v) is 5.29. The molecule has 0 saturated carbocycles. The Morgan fingerprint density at radius 3 is 2.61 bits per heavy atom. The van der Waals surface area contributed by atoms with E-state index in [2.05, 4.69) is 5.32 Å². The van der Waals surface area contributed by atoms with Crippen LogP contribution >= 0.6 is 12.2 Å². The highest BCUT2D eigenvalue weighted by Gasteiger charge is 2.33. The van der Waals surface area contributed by atoms with Crippen molar-refractivity contribution < 1.29 is 28.5 Å². The molecule has 0 spiro atoms. The van der Waals surface area contributed by atoms with Crippen molar-refractivity contribution in [1.82, 2.24) is 10.2 Å². The minimum Gasteiger partial charge on any atom is -0.493 e. The molecule has 2 aliphatic rings. The van der Waals surface area contributed by atoms with Gasteiger partial charge < -0.3 is 18.9 Å². The van der Waals surface area contributed by atoms with Crippen LogP contribution in [0.2, 0.25) is 0 Å². The van der Waals surface area contributed by atoms with E-state index in [-0.39, 0.29) is 17.5 Å². The SMILES string of the molecule is COc1ccc(CCN2C(=O)/C(=C/c3ccc4c(c3)OCO4)C(=O)NC2=S)cc1OC. The van der Waals surface area contributed by atoms with Gasteiger partial charge in [0.15, 0.2) is 28.1 Å². The van der Waals surface area contributed by atoms with E-state index >= 15 is 0 Å². The Balaban J connectivity index is 1.53. The quantitative estimate of drug-likeness (QED) is 0.419. The van der Waals surface area contributed by atoms with Gasteiger partial charge in [0.2, 0.25) is 6.79 Å². The minimum atomic E-state index is -0.532. The molecule has 2 aromatic rings. The van der Waals surface area contributed by atoms with Crippen LogP contribution in [0.4, 0.5) is 0 Å². The molecule has 2 heterocycles. The second-order valence-corrected chi connectivity index (χ2v) is 7.21. The van der Waals surface area contributed by atoms with Crippen molar-refractivity contribution in [3.05, 3.63) is 53.1 Å². The van der Waals surface area contributed by atoms with Crippen molar-refractivity contribution >= 4 is 35.2 Å². The first-order valence-corrected chi connectivity index (χ1v) is 9.90. The van der Waals surface area contributed by atoms with E-state index in [1.165, 1.54) is 11.0 Å². The zero-order valence-corrected chi connectivity index (χ0v) is 17.8. The van der Waals surface area contributed by atoms with E-state index in [1.54, 1.807) is 38.5 Å². The van der Waals surface area contributed by atoms with E-state index in [4.69, 9.17) is 31.2 Å². The fourth-order valence-electron chi connectivity index (χ4n) is 3.34. The van der Waals surface area contributed by atoms with Crippen LogP contribution in [0.25, 0.3) is 6.08 Å². The summed E-state index contributed by atoms with van der Waals surface area (Å²) in [7, 11) is 3.13. The van der Waals surface area contributed by atoms with Gasteiger partial charge in [0, 0.05) is 6.54 Å². The molecular formula is C22H20N2O6S. The number of hydrogen-bond donors (Lipinski definition) is 1. The summed E-state index contributed by atoms with van der Waals surface area (Å²) in [5, 5.41) is 2.67. The Kier molecular flexibility index (Phi) is 5.77. The summed E-state index contributed by atoms with van der Waals surface area (Å²) in [5.74, 6) is 1.43. The number of amides is 2. The highest BCUT2D eigenvalue weighted by molar-refractivity contribution is 7.80. The van der Waals surface area contributed by atoms with Crippen molar-refractivity contribution in [1.29, 1.82) is 0 Å². The number of benzene rings is 2. The number of rotatable bonds is 6. The van der Waals surface area contributed by atoms with Gasteiger partial charge in [-0.2, -0.15) is 0 Å². The molecule has 0 bridgehead atoms. The monoisotopic (exact) mass is 440 g/mol. The highest BCUT2D eigenvalue weighted by atomic mass is 32.1. The van der Waals surface area contributed by atoms with Crippen molar-refractivity contribution in [3.63, 3.8) is 0 Å². The number of ether oxygens (including phenoxy) is 4. The second kappa shape index (κ2) is 8.65. The molecule has 4 rings (SSSR count). The van der Waals surface area contributed by atoms with Crippen molar-refractivity contribution in [2.75, 3.05) is 27.6 Å². The van der Waals surface area contributed by atoms with Crippen molar-refractivity contribution in [3.8, 4) is 23.0 Å². The number of carbonyl (C=O) groups is 2. The fourth-order valence-corrected chi connectivity index (χ4v) is 3.61. The first-order valence-electron chi connectivity index (χ1n) is 9.49. The third-order valence-electron chi connectivity index (χ3n) is 4.97. The Hall–Kier alpha value is -3.59. The molecule has 0 unspecified atom stereocenters. The first-order chi connectivity index (χ1) is 15.0. The van der Waals surface area contributed by atoms with E-state index in [9.17, 15) is 9.59 Å². The lowest BCUT2D eigenvalue weighted by Gasteiger charge is -2.29. The lowest BCUT2D eigenvalue weighted by atomic mass is 10.1. The van der Waals surface area contributed by atoms with Crippen LogP contribution in [0, 0.1) is 0 Å². The summed E-state index contributed by atoms with van der Waals surface area (Å²) in [6, 6.07) is 10.7. The number of fused-ring (bicyclic) bond motifs is 1. The van der Waals surface area contributed by atoms with Gasteiger partial charge in [-0.15, -0.1) is 0 Å². The molecule has 160 valence electrons. The van der Waals surface area contributed by atoms with Gasteiger partial charge in [-0.1, -0.05) is 12.1 Å². The highest BCUT2D eigenvalue weighted by Crippen LogP contribution is 2.33. The van der Waals surface area contributed by atoms with Gasteiger partial charge in [0.1, 0.15) is 5.57 Å². The zero-order chi connectivity index (χ0) is 22.0. The summed E-state index contributed by atoms with van der Waals surface area (Å²) >= 11 is 5.23. The van der Waals surface area contributed by atoms with Gasteiger partial charge in [-0.05, 0) is 60.1 Å². The normalized spacial score (nSPS) is 16.5. The van der Waals surface area contributed by atoms with Crippen LogP contribution in [-0.2, 0) is 16.0 Å². The van der Waals surface area contributed by atoms with Crippen LogP contribution in [0.5, 0.6) is 23.0 Å². The lowest BCUT2D eigenvalue weighted by Crippen LogP contribution is -2.54. The number of carbonyl (C=O) groups excluding carboxylic acids is 2.